The fraction of sp³-hybridized carbons (Fsp3) is 0.143. The maximum absolute atomic E-state index is 12.0. The maximum atomic E-state index is 12.0. The zero-order valence-corrected chi connectivity index (χ0v) is 8.29. The Labute approximate surface area is 91.3 Å². The molecule has 0 fully saturated rings. The van der Waals surface area contributed by atoms with Crippen molar-refractivity contribution in [2.75, 3.05) is 11.5 Å². The Morgan fingerprint density at radius 3 is 1.79 bits per heavy atom. The molecule has 0 amide bonds. The van der Waals surface area contributed by atoms with Crippen LogP contribution in [0.25, 0.3) is 0 Å². The first-order valence-corrected chi connectivity index (χ1v) is 3.13. The number of halogens is 5. The van der Waals surface area contributed by atoms with Crippen LogP contribution in [0.4, 0.5) is 24.5 Å². The minimum atomic E-state index is -4.36. The van der Waals surface area contributed by atoms with Gasteiger partial charge < -0.3 is 36.3 Å². The topological polar surface area (TPSA) is 52.0 Å². The van der Waals surface area contributed by atoms with E-state index in [-0.39, 0.29) is 36.2 Å². The Morgan fingerprint density at radius 1 is 0.929 bits per heavy atom. The number of nitrogens with two attached hydrogens (primary N) is 2. The van der Waals surface area contributed by atoms with Gasteiger partial charge in [-0.3, -0.25) is 0 Å². The van der Waals surface area contributed by atoms with Crippen LogP contribution in [-0.4, -0.2) is 0 Å². The summed E-state index contributed by atoms with van der Waals surface area (Å²) in [6.07, 6.45) is -4.36. The molecule has 0 aliphatic carbocycles. The molecule has 4 N–H and O–H groups in total. The zero-order chi connectivity index (χ0) is 9.35. The van der Waals surface area contributed by atoms with Crippen LogP contribution in [0, 0.1) is 0 Å². The smallest absolute Gasteiger partial charge is 0.416 e. The van der Waals surface area contributed by atoms with Gasteiger partial charge in [0.05, 0.1) is 16.9 Å². The minimum Gasteiger partial charge on any atom is -1.00 e. The molecule has 0 heterocycles. The fourth-order valence-electron chi connectivity index (χ4n) is 0.751. The van der Waals surface area contributed by atoms with Crippen molar-refractivity contribution >= 4 is 11.4 Å². The third-order valence-corrected chi connectivity index (χ3v) is 1.41. The van der Waals surface area contributed by atoms with E-state index < -0.39 is 11.7 Å². The van der Waals surface area contributed by atoms with Crippen molar-refractivity contribution in [2.24, 2.45) is 0 Å². The number of hydrogen-bond donors (Lipinski definition) is 2. The second-order valence-electron chi connectivity index (χ2n) is 2.34. The molecule has 0 aromatic heterocycles. The molecule has 0 atom stereocenters. The van der Waals surface area contributed by atoms with Crippen molar-refractivity contribution in [3.63, 3.8) is 0 Å². The van der Waals surface area contributed by atoms with Gasteiger partial charge in [-0.2, -0.15) is 13.2 Å². The monoisotopic (exact) mass is 246 g/mol. The van der Waals surface area contributed by atoms with Crippen molar-refractivity contribution in [2.45, 2.75) is 6.18 Å². The fourth-order valence-corrected chi connectivity index (χ4v) is 0.751. The van der Waals surface area contributed by atoms with Crippen LogP contribution < -0.4 is 36.3 Å². The van der Waals surface area contributed by atoms with Crippen LogP contribution in [0.1, 0.15) is 5.56 Å². The standard InChI is InChI=1S/C7H7F3N2.2ClH/c8-7(9,10)4-1-2-5(11)6(12)3-4;;/h1-3H,11-12H2;2*1H/p-2. The highest BCUT2D eigenvalue weighted by Gasteiger charge is 2.30. The van der Waals surface area contributed by atoms with Gasteiger partial charge in [0.1, 0.15) is 0 Å². The highest BCUT2D eigenvalue weighted by atomic mass is 35.5. The Morgan fingerprint density at radius 2 is 1.43 bits per heavy atom. The SMILES string of the molecule is Nc1ccc(C(F)(F)F)cc1N.[Cl-].[Cl-]. The third-order valence-electron chi connectivity index (χ3n) is 1.41. The third kappa shape index (κ3) is 3.51. The molecule has 1 rings (SSSR count). The maximum Gasteiger partial charge on any atom is 0.416 e. The summed E-state index contributed by atoms with van der Waals surface area (Å²) in [7, 11) is 0. The first-order valence-electron chi connectivity index (χ1n) is 3.13. The summed E-state index contributed by atoms with van der Waals surface area (Å²) in [6, 6.07) is 2.85. The number of benzene rings is 1. The Kier molecular flexibility index (Phi) is 5.78. The Bertz CT molecular complexity index is 301. The van der Waals surface area contributed by atoms with Gasteiger partial charge in [0.15, 0.2) is 0 Å². The molecule has 0 bridgehead atoms. The van der Waals surface area contributed by atoms with E-state index in [1.165, 1.54) is 0 Å². The van der Waals surface area contributed by atoms with Gasteiger partial charge in [0.25, 0.3) is 0 Å². The van der Waals surface area contributed by atoms with Crippen LogP contribution in [0.15, 0.2) is 18.2 Å². The van der Waals surface area contributed by atoms with Crippen molar-refractivity contribution < 1.29 is 38.0 Å². The van der Waals surface area contributed by atoms with Gasteiger partial charge >= 0.3 is 6.18 Å². The van der Waals surface area contributed by atoms with Crippen LogP contribution in [0.5, 0.6) is 0 Å². The molecule has 0 spiro atoms. The molecule has 14 heavy (non-hydrogen) atoms. The number of hydrogen-bond acceptors (Lipinski definition) is 2. The first-order chi connectivity index (χ1) is 5.41. The molecule has 82 valence electrons. The molecular weight excluding hydrogens is 240 g/mol. The molecule has 1 aromatic rings. The van der Waals surface area contributed by atoms with Gasteiger partial charge in [-0.05, 0) is 18.2 Å². The van der Waals surface area contributed by atoms with Gasteiger partial charge in [-0.25, -0.2) is 0 Å². The van der Waals surface area contributed by atoms with Crippen LogP contribution in [-0.2, 0) is 6.18 Å². The zero-order valence-electron chi connectivity index (χ0n) is 6.78. The predicted molar refractivity (Wildman–Crippen MR) is 40.3 cm³/mol. The van der Waals surface area contributed by atoms with E-state index >= 15 is 0 Å². The summed E-state index contributed by atoms with van der Waals surface area (Å²) in [6.45, 7) is 0. The summed E-state index contributed by atoms with van der Waals surface area (Å²) >= 11 is 0. The molecule has 0 unspecified atom stereocenters. The number of rotatable bonds is 0. The molecule has 0 aliphatic rings. The quantitative estimate of drug-likeness (QED) is 0.458. The lowest BCUT2D eigenvalue weighted by Crippen LogP contribution is -3.00. The van der Waals surface area contributed by atoms with E-state index in [0.29, 0.717) is 0 Å². The lowest BCUT2D eigenvalue weighted by molar-refractivity contribution is -0.137. The average molecular weight is 247 g/mol. The number of alkyl halides is 3. The molecule has 1 aromatic carbocycles. The Hall–Kier alpha value is -0.810. The lowest BCUT2D eigenvalue weighted by Gasteiger charge is -2.07. The van der Waals surface area contributed by atoms with E-state index in [0.717, 1.165) is 18.2 Å². The molecule has 0 saturated carbocycles. The van der Waals surface area contributed by atoms with E-state index in [4.69, 9.17) is 11.5 Å². The summed E-state index contributed by atoms with van der Waals surface area (Å²) in [4.78, 5) is 0. The van der Waals surface area contributed by atoms with Gasteiger partial charge in [0, 0.05) is 0 Å². The second kappa shape index (κ2) is 5.17. The van der Waals surface area contributed by atoms with E-state index in [1.54, 1.807) is 0 Å². The van der Waals surface area contributed by atoms with E-state index in [2.05, 4.69) is 0 Å². The lowest BCUT2D eigenvalue weighted by atomic mass is 10.2. The minimum absolute atomic E-state index is 0. The van der Waals surface area contributed by atoms with E-state index in [1.807, 2.05) is 0 Å². The summed E-state index contributed by atoms with van der Waals surface area (Å²) in [5.41, 5.74) is 9.75. The van der Waals surface area contributed by atoms with Crippen LogP contribution >= 0.6 is 0 Å². The summed E-state index contributed by atoms with van der Waals surface area (Å²) in [5, 5.41) is 0. The van der Waals surface area contributed by atoms with Crippen molar-refractivity contribution in [1.29, 1.82) is 0 Å². The van der Waals surface area contributed by atoms with Crippen molar-refractivity contribution in [1.82, 2.24) is 0 Å². The van der Waals surface area contributed by atoms with E-state index in [9.17, 15) is 13.2 Å². The van der Waals surface area contributed by atoms with Crippen molar-refractivity contribution in [3.8, 4) is 0 Å². The summed E-state index contributed by atoms with van der Waals surface area (Å²) in [5.74, 6) is 0. The molecule has 2 nitrogen and oxygen atoms in total. The number of nitrogen functional groups attached to an aromatic ring is 2. The Balaban J connectivity index is 0. The van der Waals surface area contributed by atoms with Crippen LogP contribution in [0.3, 0.4) is 0 Å². The predicted octanol–water partition coefficient (Wildman–Crippen LogP) is -4.12. The molecule has 0 aliphatic heterocycles. The first kappa shape index (κ1) is 15.7. The normalized spacial score (nSPS) is 9.93. The van der Waals surface area contributed by atoms with Gasteiger partial charge in [-0.1, -0.05) is 0 Å². The second-order valence-corrected chi connectivity index (χ2v) is 2.34. The molecule has 0 radical (unpaired) electrons. The number of anilines is 2. The molecule has 0 saturated heterocycles. The molecule has 7 heteroatoms. The highest BCUT2D eigenvalue weighted by molar-refractivity contribution is 5.64. The van der Waals surface area contributed by atoms with Gasteiger partial charge in [-0.15, -0.1) is 0 Å². The average Bonchev–Trinajstić information content (AvgIpc) is 1.92. The van der Waals surface area contributed by atoms with Crippen molar-refractivity contribution in [3.05, 3.63) is 23.8 Å². The van der Waals surface area contributed by atoms with Gasteiger partial charge in [0.2, 0.25) is 0 Å². The highest BCUT2D eigenvalue weighted by Crippen LogP contribution is 2.31. The molecular formula is C7H7Cl2F3N2-2. The largest absolute Gasteiger partial charge is 1.00 e. The van der Waals surface area contributed by atoms with Crippen LogP contribution in [0.2, 0.25) is 0 Å². The summed E-state index contributed by atoms with van der Waals surface area (Å²) < 4.78 is 36.0.